The predicted octanol–water partition coefficient (Wildman–Crippen LogP) is 3.09. The van der Waals surface area contributed by atoms with Crippen LogP contribution in [0.5, 0.6) is 0 Å². The molecule has 1 aromatic carbocycles. The molecule has 2 aromatic heterocycles. The molecular weight excluding hydrogens is 331 g/mol. The van der Waals surface area contributed by atoms with Gasteiger partial charge in [0.15, 0.2) is 5.82 Å². The molecule has 25 heavy (non-hydrogen) atoms. The molecule has 1 aliphatic heterocycles. The first kappa shape index (κ1) is 15.9. The summed E-state index contributed by atoms with van der Waals surface area (Å²) in [6, 6.07) is 4.36. The van der Waals surface area contributed by atoms with Crippen molar-refractivity contribution in [3.05, 3.63) is 48.1 Å². The van der Waals surface area contributed by atoms with Gasteiger partial charge in [0, 0.05) is 13.1 Å². The molecular formula is C17H16F3N5. The van der Waals surface area contributed by atoms with E-state index in [1.54, 1.807) is 10.6 Å². The Bertz CT molecular complexity index is 885. The van der Waals surface area contributed by atoms with Crippen molar-refractivity contribution in [2.45, 2.75) is 25.6 Å². The van der Waals surface area contributed by atoms with E-state index in [-0.39, 0.29) is 12.4 Å². The molecule has 4 rings (SSSR count). The molecule has 0 radical (unpaired) electrons. The summed E-state index contributed by atoms with van der Waals surface area (Å²) in [6.07, 6.45) is 2.26. The topological polar surface area (TPSA) is 46.8 Å². The van der Waals surface area contributed by atoms with E-state index in [1.165, 1.54) is 12.1 Å². The average Bonchev–Trinajstić information content (AvgIpc) is 2.95. The highest BCUT2D eigenvalue weighted by atomic mass is 19.1. The van der Waals surface area contributed by atoms with E-state index >= 15 is 0 Å². The van der Waals surface area contributed by atoms with Crippen molar-refractivity contribution in [2.75, 3.05) is 18.0 Å². The second kappa shape index (κ2) is 6.34. The van der Waals surface area contributed by atoms with Crippen LogP contribution in [-0.4, -0.2) is 38.8 Å². The fraction of sp³-hybridized carbons (Fsp3) is 0.353. The van der Waals surface area contributed by atoms with Crippen molar-refractivity contribution >= 4 is 17.0 Å². The van der Waals surface area contributed by atoms with Crippen molar-refractivity contribution in [2.24, 2.45) is 0 Å². The molecule has 0 atom stereocenters. The van der Waals surface area contributed by atoms with Crippen LogP contribution in [0.1, 0.15) is 18.7 Å². The van der Waals surface area contributed by atoms with Crippen LogP contribution in [0.4, 0.5) is 19.1 Å². The Balaban J connectivity index is 1.77. The van der Waals surface area contributed by atoms with Crippen molar-refractivity contribution in [1.82, 2.24) is 19.5 Å². The van der Waals surface area contributed by atoms with Crippen LogP contribution in [0.15, 0.2) is 30.6 Å². The second-order valence-electron chi connectivity index (χ2n) is 6.11. The summed E-state index contributed by atoms with van der Waals surface area (Å²) in [5.41, 5.74) is 1.24. The fourth-order valence-corrected chi connectivity index (χ4v) is 3.09. The summed E-state index contributed by atoms with van der Waals surface area (Å²) < 4.78 is 42.0. The van der Waals surface area contributed by atoms with E-state index < -0.39 is 12.0 Å². The lowest BCUT2D eigenvalue weighted by Gasteiger charge is -2.29. The SMILES string of the molecule is Fc1cnc(Cn2c(N3CCC(F)CC3)nc3ccc(F)cc32)nc1. The highest BCUT2D eigenvalue weighted by molar-refractivity contribution is 5.79. The largest absolute Gasteiger partial charge is 0.342 e. The lowest BCUT2D eigenvalue weighted by atomic mass is 10.1. The summed E-state index contributed by atoms with van der Waals surface area (Å²) >= 11 is 0. The maximum atomic E-state index is 13.7. The summed E-state index contributed by atoms with van der Waals surface area (Å²) in [5.74, 6) is 0.130. The van der Waals surface area contributed by atoms with Gasteiger partial charge in [0.05, 0.1) is 30.0 Å². The third-order valence-electron chi connectivity index (χ3n) is 4.37. The van der Waals surface area contributed by atoms with Gasteiger partial charge in [-0.3, -0.25) is 0 Å². The molecule has 0 amide bonds. The molecule has 3 aromatic rings. The summed E-state index contributed by atoms with van der Waals surface area (Å²) in [5, 5.41) is 0. The molecule has 1 saturated heterocycles. The maximum absolute atomic E-state index is 13.7. The first-order valence-corrected chi connectivity index (χ1v) is 8.11. The zero-order valence-corrected chi connectivity index (χ0v) is 13.4. The number of imidazole rings is 1. The lowest BCUT2D eigenvalue weighted by molar-refractivity contribution is 0.275. The van der Waals surface area contributed by atoms with Crippen LogP contribution in [0, 0.1) is 11.6 Å². The number of hydrogen-bond donors (Lipinski definition) is 0. The Hall–Kier alpha value is -2.64. The van der Waals surface area contributed by atoms with Gasteiger partial charge in [-0.1, -0.05) is 0 Å². The summed E-state index contributed by atoms with van der Waals surface area (Å²) in [7, 11) is 0. The van der Waals surface area contributed by atoms with Crippen molar-refractivity contribution < 1.29 is 13.2 Å². The van der Waals surface area contributed by atoms with Crippen molar-refractivity contribution in [3.8, 4) is 0 Å². The summed E-state index contributed by atoms with van der Waals surface area (Å²) in [4.78, 5) is 14.5. The minimum absolute atomic E-state index is 0.227. The van der Waals surface area contributed by atoms with Gasteiger partial charge in [0.2, 0.25) is 5.95 Å². The zero-order valence-electron chi connectivity index (χ0n) is 13.4. The standard InChI is InChI=1S/C17H16F3N5/c18-11-3-5-24(6-4-11)17-23-14-2-1-12(19)7-15(14)25(17)10-16-21-8-13(20)9-22-16/h1-2,7-9,11H,3-6,10H2. The van der Waals surface area contributed by atoms with Gasteiger partial charge >= 0.3 is 0 Å². The van der Waals surface area contributed by atoms with Crippen LogP contribution >= 0.6 is 0 Å². The number of hydrogen-bond acceptors (Lipinski definition) is 4. The highest BCUT2D eigenvalue weighted by Crippen LogP contribution is 2.27. The van der Waals surface area contributed by atoms with E-state index in [1.807, 2.05) is 4.90 Å². The van der Waals surface area contributed by atoms with E-state index in [0.717, 1.165) is 12.4 Å². The maximum Gasteiger partial charge on any atom is 0.206 e. The fourth-order valence-electron chi connectivity index (χ4n) is 3.09. The predicted molar refractivity (Wildman–Crippen MR) is 87.1 cm³/mol. The van der Waals surface area contributed by atoms with E-state index in [2.05, 4.69) is 15.0 Å². The Labute approximate surface area is 142 Å². The molecule has 130 valence electrons. The quantitative estimate of drug-likeness (QED) is 0.730. The Morgan fingerprint density at radius 3 is 2.48 bits per heavy atom. The Kier molecular flexibility index (Phi) is 4.03. The van der Waals surface area contributed by atoms with Crippen LogP contribution in [0.25, 0.3) is 11.0 Å². The number of aromatic nitrogens is 4. The van der Waals surface area contributed by atoms with E-state index in [9.17, 15) is 13.2 Å². The molecule has 0 bridgehead atoms. The first-order chi connectivity index (χ1) is 12.1. The number of halogens is 3. The molecule has 1 fully saturated rings. The summed E-state index contributed by atoms with van der Waals surface area (Å²) in [6.45, 7) is 1.31. The number of anilines is 1. The molecule has 0 aliphatic carbocycles. The van der Waals surface area contributed by atoms with Gasteiger partial charge in [0.25, 0.3) is 0 Å². The van der Waals surface area contributed by atoms with Crippen LogP contribution in [-0.2, 0) is 6.54 Å². The van der Waals surface area contributed by atoms with Crippen molar-refractivity contribution in [1.29, 1.82) is 0 Å². The number of piperidine rings is 1. The third-order valence-corrected chi connectivity index (χ3v) is 4.37. The van der Waals surface area contributed by atoms with Crippen LogP contribution < -0.4 is 4.90 Å². The van der Waals surface area contributed by atoms with Gasteiger partial charge in [-0.2, -0.15) is 0 Å². The second-order valence-corrected chi connectivity index (χ2v) is 6.11. The van der Waals surface area contributed by atoms with Crippen LogP contribution in [0.2, 0.25) is 0 Å². The number of alkyl halides is 1. The van der Waals surface area contributed by atoms with E-state index in [4.69, 9.17) is 0 Å². The molecule has 0 N–H and O–H groups in total. The monoisotopic (exact) mass is 347 g/mol. The smallest absolute Gasteiger partial charge is 0.206 e. The number of benzene rings is 1. The van der Waals surface area contributed by atoms with Gasteiger partial charge in [-0.15, -0.1) is 0 Å². The molecule has 0 unspecified atom stereocenters. The third kappa shape index (κ3) is 3.16. The minimum Gasteiger partial charge on any atom is -0.342 e. The van der Waals surface area contributed by atoms with Crippen LogP contribution in [0.3, 0.4) is 0 Å². The van der Waals surface area contributed by atoms with Gasteiger partial charge in [-0.05, 0) is 31.0 Å². The highest BCUT2D eigenvalue weighted by Gasteiger charge is 2.24. The Morgan fingerprint density at radius 1 is 1.04 bits per heavy atom. The molecule has 3 heterocycles. The van der Waals surface area contributed by atoms with Gasteiger partial charge in [-0.25, -0.2) is 28.1 Å². The number of rotatable bonds is 3. The zero-order chi connectivity index (χ0) is 17.4. The molecule has 0 saturated carbocycles. The lowest BCUT2D eigenvalue weighted by Crippen LogP contribution is -2.36. The number of fused-ring (bicyclic) bond motifs is 1. The molecule has 1 aliphatic rings. The first-order valence-electron chi connectivity index (χ1n) is 8.11. The van der Waals surface area contributed by atoms with Crippen molar-refractivity contribution in [3.63, 3.8) is 0 Å². The molecule has 0 spiro atoms. The molecule has 5 nitrogen and oxygen atoms in total. The van der Waals surface area contributed by atoms with Gasteiger partial charge < -0.3 is 9.47 Å². The Morgan fingerprint density at radius 2 is 1.76 bits per heavy atom. The minimum atomic E-state index is -0.799. The molecule has 8 heteroatoms. The normalized spacial score (nSPS) is 15.9. The average molecular weight is 347 g/mol. The van der Waals surface area contributed by atoms with E-state index in [0.29, 0.717) is 48.7 Å². The van der Waals surface area contributed by atoms with Gasteiger partial charge in [0.1, 0.15) is 17.8 Å². The number of nitrogens with zero attached hydrogens (tertiary/aromatic N) is 5.